The zero-order valence-corrected chi connectivity index (χ0v) is 9.96. The van der Waals surface area contributed by atoms with Gasteiger partial charge >= 0.3 is 0 Å². The fourth-order valence-electron chi connectivity index (χ4n) is 1.52. The third-order valence-corrected chi connectivity index (χ3v) is 3.88. The number of nitrogens with zero attached hydrogens (tertiary/aromatic N) is 1. The second kappa shape index (κ2) is 3.72. The van der Waals surface area contributed by atoms with Crippen molar-refractivity contribution in [2.45, 2.75) is 46.5 Å². The predicted molar refractivity (Wildman–Crippen MR) is 61.3 cm³/mol. The van der Waals surface area contributed by atoms with E-state index in [9.17, 15) is 0 Å². The van der Waals surface area contributed by atoms with Crippen LogP contribution in [-0.4, -0.2) is 4.98 Å². The minimum Gasteiger partial charge on any atom is -0.261 e. The molecule has 0 amide bonds. The van der Waals surface area contributed by atoms with E-state index in [1.54, 1.807) is 0 Å². The molecule has 0 radical (unpaired) electrons. The third-order valence-electron chi connectivity index (χ3n) is 3.88. The van der Waals surface area contributed by atoms with E-state index in [1.807, 2.05) is 12.3 Å². The van der Waals surface area contributed by atoms with Crippen LogP contribution in [-0.2, 0) is 5.41 Å². The number of rotatable bonds is 3. The van der Waals surface area contributed by atoms with Crippen molar-refractivity contribution >= 4 is 0 Å². The molecule has 1 heterocycles. The average Bonchev–Trinajstić information content (AvgIpc) is 2.19. The topological polar surface area (TPSA) is 12.9 Å². The van der Waals surface area contributed by atoms with Crippen molar-refractivity contribution < 1.29 is 0 Å². The van der Waals surface area contributed by atoms with Crippen LogP contribution >= 0.6 is 0 Å². The van der Waals surface area contributed by atoms with Crippen LogP contribution in [0.3, 0.4) is 0 Å². The molecule has 1 heteroatoms. The van der Waals surface area contributed by atoms with Gasteiger partial charge in [-0.1, -0.05) is 47.1 Å². The van der Waals surface area contributed by atoms with Gasteiger partial charge in [0.25, 0.3) is 0 Å². The fraction of sp³-hybridized carbons (Fsp3) is 0.615. The average molecular weight is 191 g/mol. The van der Waals surface area contributed by atoms with Crippen molar-refractivity contribution in [3.05, 3.63) is 30.1 Å². The van der Waals surface area contributed by atoms with Gasteiger partial charge in [0.2, 0.25) is 0 Å². The highest BCUT2D eigenvalue weighted by Crippen LogP contribution is 2.42. The Morgan fingerprint density at radius 3 is 2.21 bits per heavy atom. The van der Waals surface area contributed by atoms with Crippen molar-refractivity contribution in [3.8, 4) is 0 Å². The first-order chi connectivity index (χ1) is 6.42. The SMILES string of the molecule is CCC(C)(C)C(C)(C)c1ccccn1. The fourth-order valence-corrected chi connectivity index (χ4v) is 1.52. The zero-order chi connectivity index (χ0) is 10.8. The van der Waals surface area contributed by atoms with Crippen LogP contribution in [0, 0.1) is 5.41 Å². The minimum absolute atomic E-state index is 0.128. The normalized spacial score (nSPS) is 12.9. The molecule has 0 saturated heterocycles. The first-order valence-electron chi connectivity index (χ1n) is 5.33. The maximum absolute atomic E-state index is 4.46. The summed E-state index contributed by atoms with van der Waals surface area (Å²) >= 11 is 0. The van der Waals surface area contributed by atoms with Crippen LogP contribution in [0.25, 0.3) is 0 Å². The molecular weight excluding hydrogens is 170 g/mol. The molecule has 0 bridgehead atoms. The van der Waals surface area contributed by atoms with Crippen molar-refractivity contribution in [2.75, 3.05) is 0 Å². The van der Waals surface area contributed by atoms with Gasteiger partial charge < -0.3 is 0 Å². The van der Waals surface area contributed by atoms with Gasteiger partial charge in [0.1, 0.15) is 0 Å². The molecule has 0 unspecified atom stereocenters. The lowest BCUT2D eigenvalue weighted by Gasteiger charge is -2.40. The second-order valence-electron chi connectivity index (χ2n) is 5.08. The first kappa shape index (κ1) is 11.2. The van der Waals surface area contributed by atoms with Crippen LogP contribution < -0.4 is 0 Å². The van der Waals surface area contributed by atoms with E-state index in [1.165, 1.54) is 5.69 Å². The van der Waals surface area contributed by atoms with Crippen molar-refractivity contribution in [1.82, 2.24) is 4.98 Å². The number of hydrogen-bond acceptors (Lipinski definition) is 1. The van der Waals surface area contributed by atoms with Gasteiger partial charge in [0, 0.05) is 17.3 Å². The molecule has 14 heavy (non-hydrogen) atoms. The Kier molecular flexibility index (Phi) is 2.98. The van der Waals surface area contributed by atoms with Gasteiger partial charge in [-0.3, -0.25) is 4.98 Å². The molecule has 1 rings (SSSR count). The molecule has 0 atom stereocenters. The molecule has 0 aliphatic heterocycles. The quantitative estimate of drug-likeness (QED) is 0.708. The Hall–Kier alpha value is -0.850. The highest BCUT2D eigenvalue weighted by Gasteiger charge is 2.37. The maximum Gasteiger partial charge on any atom is 0.0465 e. The van der Waals surface area contributed by atoms with E-state index in [0.717, 1.165) is 6.42 Å². The summed E-state index contributed by atoms with van der Waals surface area (Å²) in [5.74, 6) is 0. The lowest BCUT2D eigenvalue weighted by atomic mass is 9.64. The Bertz CT molecular complexity index is 285. The van der Waals surface area contributed by atoms with Crippen LogP contribution in [0.4, 0.5) is 0 Å². The number of aromatic nitrogens is 1. The molecular formula is C13H21N. The molecule has 0 aromatic carbocycles. The van der Waals surface area contributed by atoms with E-state index in [4.69, 9.17) is 0 Å². The highest BCUT2D eigenvalue weighted by molar-refractivity contribution is 5.18. The van der Waals surface area contributed by atoms with E-state index in [2.05, 4.69) is 51.7 Å². The Morgan fingerprint density at radius 1 is 1.14 bits per heavy atom. The van der Waals surface area contributed by atoms with E-state index >= 15 is 0 Å². The zero-order valence-electron chi connectivity index (χ0n) is 9.96. The highest BCUT2D eigenvalue weighted by atomic mass is 14.7. The van der Waals surface area contributed by atoms with Crippen LogP contribution in [0.2, 0.25) is 0 Å². The monoisotopic (exact) mass is 191 g/mol. The smallest absolute Gasteiger partial charge is 0.0465 e. The van der Waals surface area contributed by atoms with Crippen LogP contribution in [0.5, 0.6) is 0 Å². The summed E-state index contributed by atoms with van der Waals surface area (Å²) in [6, 6.07) is 6.16. The molecule has 1 nitrogen and oxygen atoms in total. The molecule has 0 spiro atoms. The van der Waals surface area contributed by atoms with Gasteiger partial charge in [-0.05, 0) is 17.5 Å². The van der Waals surface area contributed by atoms with Gasteiger partial charge in [-0.25, -0.2) is 0 Å². The summed E-state index contributed by atoms with van der Waals surface area (Å²) in [5, 5.41) is 0. The summed E-state index contributed by atoms with van der Waals surface area (Å²) in [6.45, 7) is 11.4. The Morgan fingerprint density at radius 2 is 1.79 bits per heavy atom. The maximum atomic E-state index is 4.46. The van der Waals surface area contributed by atoms with Gasteiger partial charge in [-0.2, -0.15) is 0 Å². The third kappa shape index (κ3) is 1.82. The predicted octanol–water partition coefficient (Wildman–Crippen LogP) is 3.80. The molecule has 78 valence electrons. The molecule has 1 aromatic heterocycles. The molecule has 0 saturated carbocycles. The minimum atomic E-state index is 0.128. The number of pyridine rings is 1. The summed E-state index contributed by atoms with van der Waals surface area (Å²) < 4.78 is 0. The van der Waals surface area contributed by atoms with Crippen molar-refractivity contribution in [2.24, 2.45) is 5.41 Å². The summed E-state index contributed by atoms with van der Waals surface area (Å²) in [7, 11) is 0. The van der Waals surface area contributed by atoms with E-state index < -0.39 is 0 Å². The Labute approximate surface area is 87.6 Å². The van der Waals surface area contributed by atoms with Crippen LogP contribution in [0.1, 0.15) is 46.7 Å². The molecule has 0 N–H and O–H groups in total. The van der Waals surface area contributed by atoms with Crippen molar-refractivity contribution in [3.63, 3.8) is 0 Å². The largest absolute Gasteiger partial charge is 0.261 e. The van der Waals surface area contributed by atoms with Gasteiger partial charge in [-0.15, -0.1) is 0 Å². The standard InChI is InChI=1S/C13H21N/c1-6-12(2,3)13(4,5)11-9-7-8-10-14-11/h7-10H,6H2,1-5H3. The Balaban J connectivity index is 3.08. The summed E-state index contributed by atoms with van der Waals surface area (Å²) in [5.41, 5.74) is 1.59. The van der Waals surface area contributed by atoms with Crippen molar-refractivity contribution in [1.29, 1.82) is 0 Å². The van der Waals surface area contributed by atoms with Crippen LogP contribution in [0.15, 0.2) is 24.4 Å². The van der Waals surface area contributed by atoms with Gasteiger partial charge in [0.15, 0.2) is 0 Å². The summed E-state index contributed by atoms with van der Waals surface area (Å²) in [6.07, 6.45) is 3.04. The van der Waals surface area contributed by atoms with Gasteiger partial charge in [0.05, 0.1) is 0 Å². The van der Waals surface area contributed by atoms with E-state index in [0.29, 0.717) is 0 Å². The number of hydrogen-bond donors (Lipinski definition) is 0. The molecule has 0 fully saturated rings. The summed E-state index contributed by atoms with van der Waals surface area (Å²) in [4.78, 5) is 4.46. The molecule has 1 aromatic rings. The lowest BCUT2D eigenvalue weighted by Crippen LogP contribution is -2.36. The van der Waals surface area contributed by atoms with E-state index in [-0.39, 0.29) is 10.8 Å². The molecule has 0 aliphatic carbocycles. The second-order valence-corrected chi connectivity index (χ2v) is 5.08. The molecule has 0 aliphatic rings. The lowest BCUT2D eigenvalue weighted by molar-refractivity contribution is 0.184. The first-order valence-corrected chi connectivity index (χ1v) is 5.33.